The molecule has 0 atom stereocenters. The number of H-pyrrole nitrogens is 1. The van der Waals surface area contributed by atoms with Crippen LogP contribution in [0, 0.1) is 0 Å². The molecule has 0 radical (unpaired) electrons. The fourth-order valence-electron chi connectivity index (χ4n) is 1.17. The molecule has 0 spiro atoms. The van der Waals surface area contributed by atoms with Gasteiger partial charge in [-0.05, 0) is 23.2 Å². The van der Waals surface area contributed by atoms with Crippen LogP contribution in [-0.4, -0.2) is 25.1 Å². The van der Waals surface area contributed by atoms with Gasteiger partial charge in [0.25, 0.3) is 0 Å². The Morgan fingerprint density at radius 1 is 1.20 bits per heavy atom. The molecule has 0 bridgehead atoms. The molecule has 0 aliphatic carbocycles. The maximum Gasteiger partial charge on any atom is 0.189 e. The van der Waals surface area contributed by atoms with Gasteiger partial charge in [0, 0.05) is 0 Å². The minimum Gasteiger partial charge on any atom is -0.254 e. The van der Waals surface area contributed by atoms with Gasteiger partial charge in [-0.3, -0.25) is 5.10 Å². The van der Waals surface area contributed by atoms with E-state index in [-0.39, 0.29) is 0 Å². The molecule has 0 aromatic carbocycles. The molecule has 5 nitrogen and oxygen atoms in total. The summed E-state index contributed by atoms with van der Waals surface area (Å²) in [6.45, 7) is 0. The van der Waals surface area contributed by atoms with Crippen molar-refractivity contribution in [2.75, 3.05) is 0 Å². The highest BCUT2D eigenvalue weighted by molar-refractivity contribution is 7.99. The Morgan fingerprint density at radius 3 is 3.07 bits per heavy atom. The lowest BCUT2D eigenvalue weighted by Crippen LogP contribution is -1.83. The van der Waals surface area contributed by atoms with Gasteiger partial charge in [-0.25, -0.2) is 15.0 Å². The third kappa shape index (κ3) is 1.59. The van der Waals surface area contributed by atoms with Crippen molar-refractivity contribution in [3.8, 4) is 0 Å². The van der Waals surface area contributed by atoms with Crippen LogP contribution in [0.1, 0.15) is 0 Å². The number of aromatic amines is 1. The molecule has 3 rings (SSSR count). The van der Waals surface area contributed by atoms with E-state index in [0.717, 1.165) is 20.4 Å². The van der Waals surface area contributed by atoms with Crippen molar-refractivity contribution in [1.82, 2.24) is 25.1 Å². The van der Waals surface area contributed by atoms with Crippen LogP contribution in [0.15, 0.2) is 34.3 Å². The fraction of sp³-hybridized carbons (Fsp3) is 0. The van der Waals surface area contributed by atoms with Gasteiger partial charge >= 0.3 is 0 Å². The van der Waals surface area contributed by atoms with E-state index in [1.54, 1.807) is 17.7 Å². The quantitative estimate of drug-likeness (QED) is 0.688. The molecule has 0 saturated heterocycles. The predicted molar refractivity (Wildman–Crippen MR) is 57.9 cm³/mol. The molecule has 74 valence electrons. The van der Waals surface area contributed by atoms with Gasteiger partial charge in [0.1, 0.15) is 17.7 Å². The summed E-state index contributed by atoms with van der Waals surface area (Å²) in [5, 5.41) is 10.2. The Hall–Kier alpha value is -1.47. The van der Waals surface area contributed by atoms with Gasteiger partial charge in [-0.2, -0.15) is 5.10 Å². The van der Waals surface area contributed by atoms with Gasteiger partial charge < -0.3 is 0 Å². The predicted octanol–water partition coefficient (Wildman–Crippen LogP) is 1.96. The fourth-order valence-corrected chi connectivity index (χ4v) is 2.85. The minimum atomic E-state index is 0.739. The molecule has 0 unspecified atom stereocenters. The van der Waals surface area contributed by atoms with Crippen LogP contribution in [0.4, 0.5) is 0 Å². The molecule has 3 aromatic heterocycles. The molecular formula is C8H5N5S2. The summed E-state index contributed by atoms with van der Waals surface area (Å²) in [7, 11) is 0. The Labute approximate surface area is 93.0 Å². The average molecular weight is 235 g/mol. The molecule has 15 heavy (non-hydrogen) atoms. The number of fused-ring (bicyclic) bond motifs is 1. The summed E-state index contributed by atoms with van der Waals surface area (Å²) in [5.41, 5.74) is 0.969. The third-order valence-electron chi connectivity index (χ3n) is 1.80. The highest BCUT2D eigenvalue weighted by Gasteiger charge is 2.07. The zero-order chi connectivity index (χ0) is 10.1. The lowest BCUT2D eigenvalue weighted by atomic mass is 10.5. The van der Waals surface area contributed by atoms with Crippen molar-refractivity contribution < 1.29 is 0 Å². The van der Waals surface area contributed by atoms with E-state index < -0.39 is 0 Å². The Kier molecular flexibility index (Phi) is 2.11. The smallest absolute Gasteiger partial charge is 0.189 e. The normalized spacial score (nSPS) is 10.9. The topological polar surface area (TPSA) is 67.3 Å². The second kappa shape index (κ2) is 3.59. The van der Waals surface area contributed by atoms with Gasteiger partial charge in [-0.15, -0.1) is 11.3 Å². The highest BCUT2D eigenvalue weighted by atomic mass is 32.2. The van der Waals surface area contributed by atoms with Gasteiger partial charge in [0.2, 0.25) is 0 Å². The Balaban J connectivity index is 2.07. The molecule has 1 N–H and O–H groups in total. The lowest BCUT2D eigenvalue weighted by Gasteiger charge is -1.96. The van der Waals surface area contributed by atoms with Gasteiger partial charge in [0.05, 0.1) is 10.2 Å². The summed E-state index contributed by atoms with van der Waals surface area (Å²) >= 11 is 3.09. The lowest BCUT2D eigenvalue weighted by molar-refractivity contribution is 0.968. The van der Waals surface area contributed by atoms with Crippen LogP contribution in [-0.2, 0) is 0 Å². The molecule has 0 fully saturated rings. The number of nitrogens with one attached hydrogen (secondary N) is 1. The number of rotatable bonds is 2. The van der Waals surface area contributed by atoms with Gasteiger partial charge in [0.15, 0.2) is 5.16 Å². The van der Waals surface area contributed by atoms with Gasteiger partial charge in [-0.1, -0.05) is 0 Å². The van der Waals surface area contributed by atoms with Crippen LogP contribution in [0.5, 0.6) is 0 Å². The van der Waals surface area contributed by atoms with E-state index in [2.05, 4.69) is 25.1 Å². The summed E-state index contributed by atoms with van der Waals surface area (Å²) in [6.07, 6.45) is 3.04. The number of hydrogen-bond donors (Lipinski definition) is 1. The summed E-state index contributed by atoms with van der Waals surface area (Å²) in [5.74, 6) is 0. The first-order valence-corrected chi connectivity index (χ1v) is 5.84. The maximum absolute atomic E-state index is 4.23. The van der Waals surface area contributed by atoms with E-state index >= 15 is 0 Å². The molecule has 0 aliphatic heterocycles. The van der Waals surface area contributed by atoms with E-state index in [4.69, 9.17) is 0 Å². The zero-order valence-electron chi connectivity index (χ0n) is 7.41. The third-order valence-corrected chi connectivity index (χ3v) is 3.73. The van der Waals surface area contributed by atoms with Crippen LogP contribution in [0.2, 0.25) is 0 Å². The second-order valence-electron chi connectivity index (χ2n) is 2.71. The summed E-state index contributed by atoms with van der Waals surface area (Å²) < 4.78 is 1.08. The first kappa shape index (κ1) is 8.81. The van der Waals surface area contributed by atoms with Crippen molar-refractivity contribution in [2.24, 2.45) is 0 Å². The SMILES string of the molecule is c1n[nH]c(Sc2ncnc3ccsc23)n1. The van der Waals surface area contributed by atoms with Crippen molar-refractivity contribution in [1.29, 1.82) is 0 Å². The van der Waals surface area contributed by atoms with Crippen LogP contribution >= 0.6 is 23.1 Å². The number of hydrogen-bond acceptors (Lipinski definition) is 6. The van der Waals surface area contributed by atoms with Crippen LogP contribution in [0.3, 0.4) is 0 Å². The Bertz CT molecular complexity index is 574. The first-order chi connectivity index (χ1) is 7.43. The van der Waals surface area contributed by atoms with E-state index in [9.17, 15) is 0 Å². The van der Waals surface area contributed by atoms with Crippen LogP contribution < -0.4 is 0 Å². The number of aromatic nitrogens is 5. The van der Waals surface area contributed by atoms with Crippen molar-refractivity contribution in [2.45, 2.75) is 10.2 Å². The van der Waals surface area contributed by atoms with Crippen LogP contribution in [0.25, 0.3) is 10.2 Å². The largest absolute Gasteiger partial charge is 0.254 e. The van der Waals surface area contributed by atoms with E-state index in [1.807, 2.05) is 11.4 Å². The number of nitrogens with zero attached hydrogens (tertiary/aromatic N) is 4. The maximum atomic E-state index is 4.23. The molecule has 3 heterocycles. The standard InChI is InChI=1S/C8H5N5S2/c1-2-14-6-5(1)9-3-10-7(6)15-8-11-4-12-13-8/h1-4H,(H,11,12,13). The molecule has 0 amide bonds. The average Bonchev–Trinajstić information content (AvgIpc) is 2.87. The molecule has 3 aromatic rings. The molecule has 0 saturated carbocycles. The number of thiophene rings is 1. The molecule has 7 heteroatoms. The van der Waals surface area contributed by atoms with E-state index in [0.29, 0.717) is 0 Å². The van der Waals surface area contributed by atoms with Crippen molar-refractivity contribution in [3.63, 3.8) is 0 Å². The van der Waals surface area contributed by atoms with Crippen molar-refractivity contribution >= 4 is 33.3 Å². The first-order valence-electron chi connectivity index (χ1n) is 4.15. The minimum absolute atomic E-state index is 0.739. The van der Waals surface area contributed by atoms with Crippen molar-refractivity contribution in [3.05, 3.63) is 24.1 Å². The highest BCUT2D eigenvalue weighted by Crippen LogP contribution is 2.31. The van der Waals surface area contributed by atoms with E-state index in [1.165, 1.54) is 18.1 Å². The Morgan fingerprint density at radius 2 is 2.20 bits per heavy atom. The second-order valence-corrected chi connectivity index (χ2v) is 4.60. The zero-order valence-corrected chi connectivity index (χ0v) is 9.05. The molecule has 0 aliphatic rings. The molecular weight excluding hydrogens is 230 g/mol. The monoisotopic (exact) mass is 235 g/mol. The summed E-state index contributed by atoms with van der Waals surface area (Å²) in [6, 6.07) is 1.98. The summed E-state index contributed by atoms with van der Waals surface area (Å²) in [4.78, 5) is 12.4.